The fraction of sp³-hybridized carbons (Fsp3) is 0.323. The molecule has 18 heteroatoms. The van der Waals surface area contributed by atoms with Gasteiger partial charge in [0.25, 0.3) is 0 Å². The quantitative estimate of drug-likeness (QED) is 0.0904. The molecule has 4 fully saturated rings. The number of halogens is 1. The van der Waals surface area contributed by atoms with Crippen LogP contribution in [0, 0.1) is 5.82 Å². The van der Waals surface area contributed by atoms with Crippen LogP contribution in [-0.4, -0.2) is 126 Å². The number of ether oxygens (including phenoxy) is 1. The van der Waals surface area contributed by atoms with Crippen molar-refractivity contribution in [1.82, 2.24) is 41.7 Å². The minimum Gasteiger partial charge on any atom is -0.497 e. The van der Waals surface area contributed by atoms with Gasteiger partial charge in [0, 0.05) is 51.6 Å². The van der Waals surface area contributed by atoms with E-state index in [-0.39, 0.29) is 51.6 Å². The first-order valence-electron chi connectivity index (χ1n) is 28.3. The van der Waals surface area contributed by atoms with Crippen molar-refractivity contribution in [3.8, 4) is 16.9 Å². The number of benzene rings is 6. The highest BCUT2D eigenvalue weighted by Gasteiger charge is 2.43. The largest absolute Gasteiger partial charge is 0.497 e. The second-order valence-corrected chi connectivity index (χ2v) is 21.8. The van der Waals surface area contributed by atoms with E-state index < -0.39 is 101 Å². The van der Waals surface area contributed by atoms with Gasteiger partial charge < -0.3 is 46.4 Å². The molecule has 428 valence electrons. The fourth-order valence-corrected chi connectivity index (χ4v) is 11.7. The minimum atomic E-state index is -1.23. The number of fused-ring (bicyclic) bond motifs is 2. The number of methoxy groups -OCH3 is 1. The summed E-state index contributed by atoms with van der Waals surface area (Å²) in [5.41, 5.74) is 5.68. The third kappa shape index (κ3) is 13.9. The van der Waals surface area contributed by atoms with Crippen molar-refractivity contribution in [2.24, 2.45) is 0 Å². The zero-order valence-corrected chi connectivity index (χ0v) is 46.1. The van der Waals surface area contributed by atoms with E-state index in [2.05, 4.69) is 31.9 Å². The first-order chi connectivity index (χ1) is 40.3. The van der Waals surface area contributed by atoms with Crippen LogP contribution in [0.25, 0.3) is 11.1 Å². The number of hydrogen-bond acceptors (Lipinski definition) is 9. The Hall–Kier alpha value is -9.19. The summed E-state index contributed by atoms with van der Waals surface area (Å²) in [6.07, 6.45) is 2.15. The highest BCUT2D eigenvalue weighted by atomic mass is 19.1. The zero-order valence-electron chi connectivity index (χ0n) is 46.1. The van der Waals surface area contributed by atoms with Crippen molar-refractivity contribution < 1.29 is 47.5 Å². The van der Waals surface area contributed by atoms with E-state index in [0.717, 1.165) is 27.8 Å². The summed E-state index contributed by atoms with van der Waals surface area (Å²) in [5, 5.41) is 17.6. The summed E-state index contributed by atoms with van der Waals surface area (Å²) in [4.78, 5) is 119. The van der Waals surface area contributed by atoms with E-state index in [9.17, 15) is 42.7 Å². The molecule has 0 aliphatic carbocycles. The maximum absolute atomic E-state index is 15.0. The number of nitrogens with one attached hydrogen (secondary N) is 6. The van der Waals surface area contributed by atoms with Gasteiger partial charge in [0.1, 0.15) is 59.9 Å². The minimum absolute atomic E-state index is 0.0149. The highest BCUT2D eigenvalue weighted by molar-refractivity contribution is 6.00. The Balaban J connectivity index is 0.920. The van der Waals surface area contributed by atoms with Gasteiger partial charge in [-0.05, 0) is 94.5 Å². The summed E-state index contributed by atoms with van der Waals surface area (Å²) in [6, 6.07) is 37.4. The van der Waals surface area contributed by atoms with Crippen LogP contribution in [0.15, 0.2) is 158 Å². The summed E-state index contributed by atoms with van der Waals surface area (Å²) >= 11 is 0. The van der Waals surface area contributed by atoms with Gasteiger partial charge in [0.15, 0.2) is 0 Å². The molecule has 0 radical (unpaired) electrons. The number of carbonyl (C=O) groups excluding carboxylic acids is 8. The highest BCUT2D eigenvalue weighted by Crippen LogP contribution is 2.29. The van der Waals surface area contributed by atoms with E-state index in [4.69, 9.17) is 4.74 Å². The third-order valence-corrected chi connectivity index (χ3v) is 16.1. The molecule has 10 rings (SSSR count). The van der Waals surface area contributed by atoms with Crippen LogP contribution in [0.2, 0.25) is 0 Å². The van der Waals surface area contributed by atoms with E-state index in [1.54, 1.807) is 31.4 Å². The van der Waals surface area contributed by atoms with Gasteiger partial charge in [-0.3, -0.25) is 38.4 Å². The van der Waals surface area contributed by atoms with E-state index in [1.165, 1.54) is 34.1 Å². The Kier molecular flexibility index (Phi) is 18.0. The van der Waals surface area contributed by atoms with Crippen molar-refractivity contribution >= 4 is 47.3 Å². The predicted octanol–water partition coefficient (Wildman–Crippen LogP) is 4.48. The molecule has 4 heterocycles. The molecule has 0 bridgehead atoms. The molecular weight excluding hydrogens is 1060 g/mol. The van der Waals surface area contributed by atoms with E-state index in [1.807, 2.05) is 109 Å². The van der Waals surface area contributed by atoms with Crippen LogP contribution in [0.5, 0.6) is 5.75 Å². The Morgan fingerprint density at radius 2 is 0.747 bits per heavy atom. The van der Waals surface area contributed by atoms with Gasteiger partial charge in [-0.1, -0.05) is 133 Å². The van der Waals surface area contributed by atoms with Gasteiger partial charge in [-0.25, -0.2) is 4.39 Å². The van der Waals surface area contributed by atoms with Crippen molar-refractivity contribution in [2.75, 3.05) is 20.2 Å². The molecule has 0 unspecified atom stereocenters. The molecule has 6 N–H and O–H groups in total. The van der Waals surface area contributed by atoms with Crippen LogP contribution >= 0.6 is 0 Å². The lowest BCUT2D eigenvalue weighted by Gasteiger charge is -2.33. The van der Waals surface area contributed by atoms with Crippen molar-refractivity contribution in [2.45, 2.75) is 113 Å². The molecule has 4 saturated heterocycles. The average Bonchev–Trinajstić information content (AvgIpc) is 4.29. The first-order valence-corrected chi connectivity index (χ1v) is 28.3. The lowest BCUT2D eigenvalue weighted by atomic mass is 9.93. The molecule has 6 aromatic rings. The first kappa shape index (κ1) is 57.1. The molecule has 4 aliphatic rings. The molecule has 17 nitrogen and oxygen atoms in total. The summed E-state index contributed by atoms with van der Waals surface area (Å²) in [6.45, 7) is 0.554. The molecule has 0 spiro atoms. The Morgan fingerprint density at radius 3 is 1.19 bits per heavy atom. The van der Waals surface area contributed by atoms with Crippen LogP contribution < -0.4 is 36.6 Å². The second-order valence-electron chi connectivity index (χ2n) is 21.8. The van der Waals surface area contributed by atoms with Crippen molar-refractivity contribution in [1.29, 1.82) is 0 Å². The number of nitrogens with zero attached hydrogens (tertiary/aromatic N) is 2. The molecule has 6 aromatic carbocycles. The SMILES string of the molecule is COc1ccc(C[C@@H]2NC(=O)[C@H]3CCCN3C(=O)[C@H](Cc3ccccc3-c3ccc(C[C@H]4NC(=O)[C@H](Cc5ccc(F)cc5)NC(=O)[C@H]5CCCN5C(=O)[C@H](Cc5ccccc5)NC4=O)cc3)NC(=O)[C@@H](Cc3ccccc3)NC2=O)cc1. The number of amides is 8. The molecule has 8 amide bonds. The topological polar surface area (TPSA) is 224 Å². The molecule has 83 heavy (non-hydrogen) atoms. The van der Waals surface area contributed by atoms with E-state index in [0.29, 0.717) is 48.1 Å². The lowest BCUT2D eigenvalue weighted by molar-refractivity contribution is -0.143. The Labute approximate surface area is 481 Å². The van der Waals surface area contributed by atoms with E-state index >= 15 is 0 Å². The van der Waals surface area contributed by atoms with Crippen LogP contribution in [0.3, 0.4) is 0 Å². The predicted molar refractivity (Wildman–Crippen MR) is 307 cm³/mol. The molecule has 8 atom stereocenters. The standard InChI is InChI=1S/C65H67FN8O9/c1-83-48-30-24-44(25-31-48)37-53-59(76)67-50(34-40-12-4-2-5-13-40)61(78)72-55(65(82)74-33-11-19-57(74)63(80)70-53)39-46-16-8-9-17-49(46)45-26-20-42(21-27-45)35-51-60(77)71-54(38-41-14-6-3-7-15-41)64(81)73-32-10-18-56(73)62(79)69-52(58(75)68-51)36-43-22-28-47(66)29-23-43/h2-9,12-17,20-31,50-57H,10-11,18-19,32-39H2,1H3,(H,67,76)(H,68,75)(H,69,79)(H,70,80)(H,71,77)(H,72,78)/t50-,51-,52+,53+,54+,55+,56-,57-/m1/s1. The maximum Gasteiger partial charge on any atom is 0.246 e. The third-order valence-electron chi connectivity index (χ3n) is 16.1. The normalized spacial score (nSPS) is 23.5. The summed E-state index contributed by atoms with van der Waals surface area (Å²) < 4.78 is 19.3. The Morgan fingerprint density at radius 1 is 0.398 bits per heavy atom. The smallest absolute Gasteiger partial charge is 0.246 e. The number of rotatable bonds is 14. The molecule has 4 aliphatic heterocycles. The van der Waals surface area contributed by atoms with Crippen molar-refractivity contribution in [3.63, 3.8) is 0 Å². The fourth-order valence-electron chi connectivity index (χ4n) is 11.7. The summed E-state index contributed by atoms with van der Waals surface area (Å²) in [7, 11) is 1.55. The molecule has 0 saturated carbocycles. The van der Waals surface area contributed by atoms with Gasteiger partial charge >= 0.3 is 0 Å². The number of hydrogen-bond donors (Lipinski definition) is 6. The van der Waals surface area contributed by atoms with Gasteiger partial charge in [0.2, 0.25) is 47.3 Å². The Bertz CT molecular complexity index is 3330. The molecule has 0 aromatic heterocycles. The van der Waals surface area contributed by atoms with Crippen LogP contribution in [-0.2, 0) is 76.9 Å². The maximum atomic E-state index is 15.0. The lowest BCUT2D eigenvalue weighted by Crippen LogP contribution is -2.62. The molecular formula is C65H67FN8O9. The van der Waals surface area contributed by atoms with Gasteiger partial charge in [-0.2, -0.15) is 0 Å². The average molecular weight is 1120 g/mol. The number of carbonyl (C=O) groups is 8. The van der Waals surface area contributed by atoms with Crippen LogP contribution in [0.4, 0.5) is 4.39 Å². The monoisotopic (exact) mass is 1120 g/mol. The second kappa shape index (κ2) is 26.2. The van der Waals surface area contributed by atoms with Crippen molar-refractivity contribution in [3.05, 3.63) is 197 Å². The van der Waals surface area contributed by atoms with Gasteiger partial charge in [-0.15, -0.1) is 0 Å². The summed E-state index contributed by atoms with van der Waals surface area (Å²) in [5.74, 6) is -4.04. The van der Waals surface area contributed by atoms with Crippen LogP contribution in [0.1, 0.15) is 59.1 Å². The zero-order chi connectivity index (χ0) is 58.0. The van der Waals surface area contributed by atoms with Gasteiger partial charge in [0.05, 0.1) is 7.11 Å².